The monoisotopic (exact) mass is 449 g/mol. The lowest BCUT2D eigenvalue weighted by Gasteiger charge is -2.23. The molecule has 1 aliphatic rings. The number of hydrogen-bond donors (Lipinski definition) is 2. The van der Waals surface area contributed by atoms with E-state index >= 15 is 0 Å². The Bertz CT molecular complexity index is 1430. The minimum absolute atomic E-state index is 0.178. The smallest absolute Gasteiger partial charge is 0.255 e. The van der Waals surface area contributed by atoms with Gasteiger partial charge in [0.2, 0.25) is 11.8 Å². The lowest BCUT2D eigenvalue weighted by atomic mass is 10.0. The topological polar surface area (TPSA) is 78.5 Å². The number of carbonyl (C=O) groups is 3. The Morgan fingerprint density at radius 2 is 1.65 bits per heavy atom. The molecule has 0 atom stereocenters. The Balaban J connectivity index is 1.48. The number of rotatable bonds is 4. The predicted octanol–water partition coefficient (Wildman–Crippen LogP) is 5.66. The average molecular weight is 450 g/mol. The molecule has 0 radical (unpaired) electrons. The van der Waals surface area contributed by atoms with Crippen molar-refractivity contribution in [2.75, 3.05) is 15.5 Å². The molecule has 0 saturated carbocycles. The van der Waals surface area contributed by atoms with Crippen LogP contribution in [-0.2, 0) is 16.0 Å². The van der Waals surface area contributed by atoms with Crippen LogP contribution in [0.4, 0.5) is 22.7 Å². The van der Waals surface area contributed by atoms with Crippen molar-refractivity contribution in [2.24, 2.45) is 0 Å². The number of nitrogens with one attached hydrogen (secondary N) is 2. The van der Waals surface area contributed by atoms with Crippen molar-refractivity contribution in [3.63, 3.8) is 0 Å². The molecule has 6 heteroatoms. The fraction of sp³-hybridized carbons (Fsp3) is 0.107. The van der Waals surface area contributed by atoms with E-state index in [0.29, 0.717) is 28.3 Å². The maximum Gasteiger partial charge on any atom is 0.255 e. The van der Waals surface area contributed by atoms with Crippen molar-refractivity contribution < 1.29 is 14.4 Å². The fourth-order valence-electron chi connectivity index (χ4n) is 4.34. The number of amides is 3. The molecule has 0 spiro atoms. The van der Waals surface area contributed by atoms with Gasteiger partial charge >= 0.3 is 0 Å². The summed E-state index contributed by atoms with van der Waals surface area (Å²) in [7, 11) is 0. The van der Waals surface area contributed by atoms with Crippen LogP contribution in [0.5, 0.6) is 0 Å². The van der Waals surface area contributed by atoms with Crippen LogP contribution in [0, 0.1) is 0 Å². The zero-order chi connectivity index (χ0) is 23.7. The van der Waals surface area contributed by atoms with Gasteiger partial charge in [0.15, 0.2) is 0 Å². The van der Waals surface area contributed by atoms with E-state index in [2.05, 4.69) is 10.6 Å². The first-order valence-electron chi connectivity index (χ1n) is 11.2. The predicted molar refractivity (Wildman–Crippen MR) is 135 cm³/mol. The normalized spacial score (nSPS) is 13.3. The van der Waals surface area contributed by atoms with E-state index < -0.39 is 0 Å². The molecule has 1 aliphatic heterocycles. The van der Waals surface area contributed by atoms with Crippen molar-refractivity contribution in [3.8, 4) is 0 Å². The van der Waals surface area contributed by atoms with Crippen LogP contribution in [0.25, 0.3) is 10.8 Å². The number of fused-ring (bicyclic) bond motifs is 3. The minimum Gasteiger partial charge on any atom is -0.323 e. The van der Waals surface area contributed by atoms with Crippen LogP contribution in [0.2, 0.25) is 0 Å². The molecular formula is C28H23N3O3. The van der Waals surface area contributed by atoms with Gasteiger partial charge in [-0.05, 0) is 53.8 Å². The third-order valence-corrected chi connectivity index (χ3v) is 6.00. The summed E-state index contributed by atoms with van der Waals surface area (Å²) in [6.45, 7) is 2.01. The Kier molecular flexibility index (Phi) is 5.55. The van der Waals surface area contributed by atoms with Gasteiger partial charge in [-0.3, -0.25) is 19.3 Å². The first kappa shape index (κ1) is 21.4. The molecule has 6 nitrogen and oxygen atoms in total. The Morgan fingerprint density at radius 3 is 2.44 bits per heavy atom. The summed E-state index contributed by atoms with van der Waals surface area (Å²) in [5.74, 6) is -0.841. The van der Waals surface area contributed by atoms with E-state index in [9.17, 15) is 14.4 Å². The molecule has 0 fully saturated rings. The highest BCUT2D eigenvalue weighted by molar-refractivity contribution is 6.21. The molecule has 3 amide bonds. The Morgan fingerprint density at radius 1 is 0.912 bits per heavy atom. The highest BCUT2D eigenvalue weighted by Crippen LogP contribution is 2.40. The highest BCUT2D eigenvalue weighted by atomic mass is 16.2. The summed E-state index contributed by atoms with van der Waals surface area (Å²) < 4.78 is 0. The van der Waals surface area contributed by atoms with Crippen LogP contribution in [0.15, 0.2) is 84.9 Å². The van der Waals surface area contributed by atoms with E-state index in [-0.39, 0.29) is 24.1 Å². The van der Waals surface area contributed by atoms with E-state index in [4.69, 9.17) is 0 Å². The number of nitrogens with zero attached hydrogens (tertiary/aromatic N) is 1. The second-order valence-electron chi connectivity index (χ2n) is 8.15. The van der Waals surface area contributed by atoms with Crippen molar-refractivity contribution in [1.29, 1.82) is 0 Å². The summed E-state index contributed by atoms with van der Waals surface area (Å²) in [4.78, 5) is 39.8. The van der Waals surface area contributed by atoms with Crippen LogP contribution < -0.4 is 15.5 Å². The molecule has 0 aliphatic carbocycles. The number of carbonyl (C=O) groups excluding carboxylic acids is 3. The maximum atomic E-state index is 13.0. The van der Waals surface area contributed by atoms with Crippen LogP contribution in [-0.4, -0.2) is 17.7 Å². The fourth-order valence-corrected chi connectivity index (χ4v) is 4.34. The van der Waals surface area contributed by atoms with E-state index in [1.54, 1.807) is 29.2 Å². The molecule has 2 N–H and O–H groups in total. The van der Waals surface area contributed by atoms with Gasteiger partial charge in [0.25, 0.3) is 5.91 Å². The molecule has 168 valence electrons. The Labute approximate surface area is 197 Å². The van der Waals surface area contributed by atoms with Crippen molar-refractivity contribution in [3.05, 3.63) is 96.1 Å². The molecule has 1 heterocycles. The van der Waals surface area contributed by atoms with Crippen LogP contribution in [0.1, 0.15) is 29.3 Å². The van der Waals surface area contributed by atoms with Crippen molar-refractivity contribution in [1.82, 2.24) is 0 Å². The number of aryl methyl sites for hydroxylation is 1. The minimum atomic E-state index is -0.344. The molecule has 5 rings (SSSR count). The molecular weight excluding hydrogens is 426 g/mol. The van der Waals surface area contributed by atoms with Crippen molar-refractivity contribution in [2.45, 2.75) is 19.8 Å². The van der Waals surface area contributed by atoms with Crippen LogP contribution >= 0.6 is 0 Å². The first-order valence-corrected chi connectivity index (χ1v) is 11.2. The summed E-state index contributed by atoms with van der Waals surface area (Å²) >= 11 is 0. The maximum absolute atomic E-state index is 13.0. The zero-order valence-electron chi connectivity index (χ0n) is 18.7. The molecule has 4 aromatic rings. The average Bonchev–Trinajstić information content (AvgIpc) is 2.99. The quantitative estimate of drug-likeness (QED) is 0.395. The number of anilines is 4. The second-order valence-corrected chi connectivity index (χ2v) is 8.15. The SMILES string of the molecule is CCc1ccccc1C(=O)Nc1ccc(N2C(=O)CC(=O)Nc3c2ccc2ccccc32)cc1. The molecule has 4 aromatic carbocycles. The van der Waals surface area contributed by atoms with Gasteiger partial charge in [-0.2, -0.15) is 0 Å². The third-order valence-electron chi connectivity index (χ3n) is 6.00. The number of benzene rings is 4. The van der Waals surface area contributed by atoms with E-state index in [0.717, 1.165) is 22.8 Å². The summed E-state index contributed by atoms with van der Waals surface area (Å²) in [6, 6.07) is 26.1. The van der Waals surface area contributed by atoms with Crippen molar-refractivity contribution >= 4 is 51.2 Å². The standard InChI is InChI=1S/C28H23N3O3/c1-2-18-7-3-6-10-23(18)28(34)29-20-12-14-21(15-13-20)31-24-16-11-19-8-4-5-9-22(19)27(24)30-25(32)17-26(31)33/h3-16H,2,17H2,1H3,(H,29,34)(H,30,32). The van der Waals surface area contributed by atoms with E-state index in [1.807, 2.05) is 67.6 Å². The first-order chi connectivity index (χ1) is 16.5. The zero-order valence-corrected chi connectivity index (χ0v) is 18.7. The van der Waals surface area contributed by atoms with Gasteiger partial charge in [0.1, 0.15) is 6.42 Å². The highest BCUT2D eigenvalue weighted by Gasteiger charge is 2.28. The van der Waals surface area contributed by atoms with Crippen LogP contribution in [0.3, 0.4) is 0 Å². The van der Waals surface area contributed by atoms with Gasteiger partial charge < -0.3 is 10.6 Å². The molecule has 34 heavy (non-hydrogen) atoms. The second kappa shape index (κ2) is 8.83. The molecule has 0 saturated heterocycles. The van der Waals surface area contributed by atoms with Gasteiger partial charge in [-0.15, -0.1) is 0 Å². The van der Waals surface area contributed by atoms with E-state index in [1.165, 1.54) is 0 Å². The van der Waals surface area contributed by atoms with Gasteiger partial charge in [-0.25, -0.2) is 0 Å². The van der Waals surface area contributed by atoms with Gasteiger partial charge in [-0.1, -0.05) is 55.5 Å². The summed E-state index contributed by atoms with van der Waals surface area (Å²) in [5, 5.41) is 7.67. The third kappa shape index (κ3) is 3.90. The summed E-state index contributed by atoms with van der Waals surface area (Å²) in [5.41, 5.74) is 4.08. The molecule has 0 bridgehead atoms. The van der Waals surface area contributed by atoms with Gasteiger partial charge in [0.05, 0.1) is 11.4 Å². The largest absolute Gasteiger partial charge is 0.323 e. The lowest BCUT2D eigenvalue weighted by molar-refractivity contribution is -0.124. The van der Waals surface area contributed by atoms with Gasteiger partial charge in [0, 0.05) is 22.3 Å². The number of hydrogen-bond acceptors (Lipinski definition) is 3. The summed E-state index contributed by atoms with van der Waals surface area (Å²) in [6.07, 6.45) is 0.510. The molecule has 0 unspecified atom stereocenters. The lowest BCUT2D eigenvalue weighted by Crippen LogP contribution is -2.26. The Hall–Kier alpha value is -4.45. The molecule has 0 aromatic heterocycles.